The predicted octanol–water partition coefficient (Wildman–Crippen LogP) is 19.7. The van der Waals surface area contributed by atoms with Crippen LogP contribution in [0.2, 0.25) is 0 Å². The lowest BCUT2D eigenvalue weighted by Crippen LogP contribution is -2.05. The Balaban J connectivity index is 1.28. The van der Waals surface area contributed by atoms with Gasteiger partial charge in [0.25, 0.3) is 0 Å². The number of aromatic nitrogens is 2. The summed E-state index contributed by atoms with van der Waals surface area (Å²) in [5.74, 6) is 0. The minimum atomic E-state index is 0.524. The van der Waals surface area contributed by atoms with Crippen LogP contribution in [-0.2, 0) is 0 Å². The maximum absolute atomic E-state index is 11.5. The average molecular weight is 1010 g/mol. The highest BCUT2D eigenvalue weighted by atomic mass is 15.0. The smallest absolute Gasteiger partial charge is 0.0993 e. The zero-order valence-corrected chi connectivity index (χ0v) is 46.8. The highest BCUT2D eigenvalue weighted by Gasteiger charge is 2.26. The van der Waals surface area contributed by atoms with Crippen LogP contribution in [0.25, 0.3) is 111 Å². The van der Waals surface area contributed by atoms with Crippen molar-refractivity contribution in [2.75, 3.05) is 0 Å². The molecular formula is C74H62N4. The standard InChI is InChI=1S/C74H62N4/c1-41-24-45(5)70(46(6)25-41)56-16-20-60-61-21-17-57(71-47(7)26-42(2)27-48(71)8)36-65(61)77(64(60)35-56)68-33-54(40-76)34-69(74(68)55-15-13-14-53(32-55)39-75)78-66-37-58(72-49(9)28-43(3)29-50(72)10)18-22-62(66)63-23-19-59(38-67(63)78)73-51(11)30-44(4)31-52(73)12/h13-38H,1-12H3. The lowest BCUT2D eigenvalue weighted by Gasteiger charge is -2.22. The van der Waals surface area contributed by atoms with Crippen LogP contribution < -0.4 is 0 Å². The SMILES string of the molecule is Cc1cc(C)c(-c2ccc3c4ccc(-c5c(C)cc(C)cc5C)cc4n(-c4cc(C#N)cc(-n5c6cc(-c7c(C)cc(C)cc7C)ccc6c6ccc(-c7c(C)cc(C)cc7C)cc65)c4-c4cccc(C#N)c4)c3c2)c(C)c1. The van der Waals surface area contributed by atoms with Crippen LogP contribution in [0.5, 0.6) is 0 Å². The Hall–Kier alpha value is -9.22. The van der Waals surface area contributed by atoms with Crippen molar-refractivity contribution >= 4 is 43.6 Å². The van der Waals surface area contributed by atoms with E-state index in [1.54, 1.807) is 0 Å². The minimum Gasteiger partial charge on any atom is -0.308 e. The summed E-state index contributed by atoms with van der Waals surface area (Å²) in [6, 6.07) is 63.2. The van der Waals surface area contributed by atoms with Gasteiger partial charge in [0.15, 0.2) is 0 Å². The Labute approximate surface area is 458 Å². The number of nitriles is 2. The first-order chi connectivity index (χ1) is 37.5. The van der Waals surface area contributed by atoms with Crippen LogP contribution in [0.4, 0.5) is 0 Å². The predicted molar refractivity (Wildman–Crippen MR) is 329 cm³/mol. The Kier molecular flexibility index (Phi) is 12.0. The number of rotatable bonds is 7. The van der Waals surface area contributed by atoms with Crippen molar-refractivity contribution in [2.24, 2.45) is 0 Å². The molecule has 2 aromatic heterocycles. The fourth-order valence-electron chi connectivity index (χ4n) is 13.8. The average Bonchev–Trinajstić information content (AvgIpc) is 4.13. The van der Waals surface area contributed by atoms with Gasteiger partial charge in [-0.3, -0.25) is 0 Å². The van der Waals surface area contributed by atoms with Gasteiger partial charge in [-0.25, -0.2) is 0 Å². The largest absolute Gasteiger partial charge is 0.308 e. The molecule has 78 heavy (non-hydrogen) atoms. The molecule has 0 bridgehead atoms. The summed E-state index contributed by atoms with van der Waals surface area (Å²) in [5, 5.41) is 26.6. The second-order valence-electron chi connectivity index (χ2n) is 22.4. The Morgan fingerprint density at radius 2 is 0.538 bits per heavy atom. The van der Waals surface area contributed by atoms with E-state index in [4.69, 9.17) is 0 Å². The third-order valence-electron chi connectivity index (χ3n) is 16.4. The van der Waals surface area contributed by atoms with Gasteiger partial charge in [-0.1, -0.05) is 131 Å². The lowest BCUT2D eigenvalue weighted by atomic mass is 9.92. The number of nitrogens with zero attached hydrogens (tertiary/aromatic N) is 4. The summed E-state index contributed by atoms with van der Waals surface area (Å²) in [6.07, 6.45) is 0. The van der Waals surface area contributed by atoms with Crippen molar-refractivity contribution in [1.82, 2.24) is 9.13 Å². The normalized spacial score (nSPS) is 11.6. The molecule has 0 N–H and O–H groups in total. The Bertz CT molecular complexity index is 4070. The molecule has 10 aromatic carbocycles. The zero-order chi connectivity index (χ0) is 54.6. The van der Waals surface area contributed by atoms with Crippen LogP contribution >= 0.6 is 0 Å². The van der Waals surface area contributed by atoms with Gasteiger partial charge in [-0.05, 0) is 226 Å². The first-order valence-corrected chi connectivity index (χ1v) is 27.1. The number of aryl methyl sites for hydroxylation is 12. The molecule has 0 saturated carbocycles. The molecule has 2 heterocycles. The van der Waals surface area contributed by atoms with Crippen LogP contribution in [0, 0.1) is 106 Å². The molecule has 12 rings (SSSR count). The van der Waals surface area contributed by atoms with Crippen molar-refractivity contribution in [2.45, 2.75) is 83.1 Å². The maximum atomic E-state index is 11.5. The van der Waals surface area contributed by atoms with Gasteiger partial charge in [-0.15, -0.1) is 0 Å². The van der Waals surface area contributed by atoms with E-state index in [1.165, 1.54) is 89.0 Å². The minimum absolute atomic E-state index is 0.524. The van der Waals surface area contributed by atoms with Crippen LogP contribution in [0.15, 0.2) is 158 Å². The van der Waals surface area contributed by atoms with Crippen molar-refractivity contribution in [3.05, 3.63) is 236 Å². The van der Waals surface area contributed by atoms with E-state index >= 15 is 0 Å². The molecule has 0 saturated heterocycles. The van der Waals surface area contributed by atoms with Gasteiger partial charge in [0.1, 0.15) is 0 Å². The van der Waals surface area contributed by atoms with Crippen LogP contribution in [0.1, 0.15) is 77.9 Å². The van der Waals surface area contributed by atoms with E-state index < -0.39 is 0 Å². The lowest BCUT2D eigenvalue weighted by molar-refractivity contribution is 1.13. The second kappa shape index (κ2) is 18.8. The first kappa shape index (κ1) is 49.6. The van der Waals surface area contributed by atoms with Gasteiger partial charge in [0.2, 0.25) is 0 Å². The topological polar surface area (TPSA) is 57.4 Å². The molecule has 12 aromatic rings. The molecular weight excluding hydrogens is 945 g/mol. The number of hydrogen-bond donors (Lipinski definition) is 0. The van der Waals surface area contributed by atoms with Gasteiger partial charge in [0.05, 0.1) is 56.7 Å². The molecule has 0 amide bonds. The Morgan fingerprint density at radius 1 is 0.269 bits per heavy atom. The summed E-state index contributed by atoms with van der Waals surface area (Å²) in [6.45, 7) is 26.3. The van der Waals surface area contributed by atoms with E-state index in [1.807, 2.05) is 18.2 Å². The van der Waals surface area contributed by atoms with Gasteiger partial charge in [0, 0.05) is 27.1 Å². The maximum Gasteiger partial charge on any atom is 0.0993 e. The van der Waals surface area contributed by atoms with Gasteiger partial charge >= 0.3 is 0 Å². The summed E-state index contributed by atoms with van der Waals surface area (Å²) in [7, 11) is 0. The van der Waals surface area contributed by atoms with E-state index in [2.05, 4.69) is 244 Å². The van der Waals surface area contributed by atoms with E-state index in [9.17, 15) is 10.5 Å². The monoisotopic (exact) mass is 1010 g/mol. The molecule has 0 spiro atoms. The van der Waals surface area contributed by atoms with E-state index in [0.717, 1.165) is 88.4 Å². The van der Waals surface area contributed by atoms with Crippen molar-refractivity contribution in [3.63, 3.8) is 0 Å². The molecule has 0 aliphatic heterocycles. The zero-order valence-electron chi connectivity index (χ0n) is 46.8. The van der Waals surface area contributed by atoms with Gasteiger partial charge in [-0.2, -0.15) is 10.5 Å². The molecule has 0 unspecified atom stereocenters. The quantitative estimate of drug-likeness (QED) is 0.160. The third-order valence-corrected chi connectivity index (χ3v) is 16.4. The highest BCUT2D eigenvalue weighted by molar-refractivity contribution is 6.14. The summed E-state index contributed by atoms with van der Waals surface area (Å²) >= 11 is 0. The molecule has 0 radical (unpaired) electrons. The fraction of sp³-hybridized carbons (Fsp3) is 0.162. The van der Waals surface area contributed by atoms with Crippen LogP contribution in [0.3, 0.4) is 0 Å². The summed E-state index contributed by atoms with van der Waals surface area (Å²) in [5.41, 5.74) is 32.8. The number of hydrogen-bond acceptors (Lipinski definition) is 2. The number of fused-ring (bicyclic) bond motifs is 6. The van der Waals surface area contributed by atoms with Crippen LogP contribution in [-0.4, -0.2) is 9.13 Å². The fourth-order valence-corrected chi connectivity index (χ4v) is 13.8. The van der Waals surface area contributed by atoms with E-state index in [0.29, 0.717) is 11.1 Å². The van der Waals surface area contributed by atoms with E-state index in [-0.39, 0.29) is 0 Å². The second-order valence-corrected chi connectivity index (χ2v) is 22.4. The third kappa shape index (κ3) is 8.11. The molecule has 0 fully saturated rings. The first-order valence-electron chi connectivity index (χ1n) is 27.1. The summed E-state index contributed by atoms with van der Waals surface area (Å²) in [4.78, 5) is 0. The number of benzene rings is 10. The molecule has 4 nitrogen and oxygen atoms in total. The molecule has 378 valence electrons. The summed E-state index contributed by atoms with van der Waals surface area (Å²) < 4.78 is 4.83. The van der Waals surface area contributed by atoms with Gasteiger partial charge < -0.3 is 9.13 Å². The Morgan fingerprint density at radius 3 is 0.808 bits per heavy atom. The van der Waals surface area contributed by atoms with Crippen molar-refractivity contribution in [1.29, 1.82) is 10.5 Å². The molecule has 0 atom stereocenters. The molecule has 0 aliphatic rings. The molecule has 4 heteroatoms. The van der Waals surface area contributed by atoms with Crippen molar-refractivity contribution < 1.29 is 0 Å². The highest BCUT2D eigenvalue weighted by Crippen LogP contribution is 2.47. The van der Waals surface area contributed by atoms with Crippen molar-refractivity contribution in [3.8, 4) is 79.1 Å². The molecule has 0 aliphatic carbocycles.